The molecule has 0 radical (unpaired) electrons. The van der Waals surface area contributed by atoms with Crippen molar-refractivity contribution in [3.05, 3.63) is 30.2 Å². The molecule has 0 bridgehead atoms. The van der Waals surface area contributed by atoms with Crippen LogP contribution in [0, 0.1) is 0 Å². The molecular weight excluding hydrogens is 154 g/mol. The fourth-order valence-corrected chi connectivity index (χ4v) is 1.08. The van der Waals surface area contributed by atoms with E-state index in [0.29, 0.717) is 17.2 Å². The number of benzene rings is 1. The maximum atomic E-state index is 5.65. The van der Waals surface area contributed by atoms with Crippen LogP contribution in [0.3, 0.4) is 0 Å². The molecule has 3 heteroatoms. The minimum atomic E-state index is 0.594. The van der Waals surface area contributed by atoms with E-state index in [0.717, 1.165) is 5.76 Å². The van der Waals surface area contributed by atoms with E-state index in [1.165, 1.54) is 0 Å². The van der Waals surface area contributed by atoms with Gasteiger partial charge in [-0.25, -0.2) is 0 Å². The number of ether oxygens (including phenoxy) is 2. The van der Waals surface area contributed by atoms with Crippen molar-refractivity contribution < 1.29 is 9.47 Å². The molecule has 0 saturated carbocycles. The molecule has 0 fully saturated rings. The standard InChI is InChI=1S/C9H9NO2/c1-6-5-11-9-7(10)3-2-4-8(9)12-6/h2-5H,10H2,1H3. The number of fused-ring (bicyclic) bond motifs is 1. The number of hydrogen-bond donors (Lipinski definition) is 1. The van der Waals surface area contributed by atoms with Crippen molar-refractivity contribution >= 4 is 5.69 Å². The number of hydrogen-bond acceptors (Lipinski definition) is 3. The molecule has 1 heterocycles. The van der Waals surface area contributed by atoms with Crippen molar-refractivity contribution in [3.8, 4) is 11.5 Å². The summed E-state index contributed by atoms with van der Waals surface area (Å²) >= 11 is 0. The van der Waals surface area contributed by atoms with Crippen LogP contribution in [0.25, 0.3) is 0 Å². The molecular formula is C9H9NO2. The van der Waals surface area contributed by atoms with Gasteiger partial charge in [-0.3, -0.25) is 0 Å². The Labute approximate surface area is 70.4 Å². The highest BCUT2D eigenvalue weighted by Gasteiger charge is 2.13. The lowest BCUT2D eigenvalue weighted by atomic mass is 10.2. The van der Waals surface area contributed by atoms with Gasteiger partial charge < -0.3 is 15.2 Å². The number of rotatable bonds is 0. The highest BCUT2D eigenvalue weighted by atomic mass is 16.6. The van der Waals surface area contributed by atoms with Gasteiger partial charge in [-0.2, -0.15) is 0 Å². The predicted octanol–water partition coefficient (Wildman–Crippen LogP) is 1.90. The largest absolute Gasteiger partial charge is 0.455 e. The molecule has 1 aromatic carbocycles. The summed E-state index contributed by atoms with van der Waals surface area (Å²) in [5.41, 5.74) is 6.25. The van der Waals surface area contributed by atoms with Gasteiger partial charge in [-0.1, -0.05) is 6.07 Å². The molecule has 12 heavy (non-hydrogen) atoms. The maximum absolute atomic E-state index is 5.65. The van der Waals surface area contributed by atoms with E-state index in [2.05, 4.69) is 0 Å². The van der Waals surface area contributed by atoms with Crippen molar-refractivity contribution in [1.82, 2.24) is 0 Å². The van der Waals surface area contributed by atoms with Crippen molar-refractivity contribution in [1.29, 1.82) is 0 Å². The van der Waals surface area contributed by atoms with Gasteiger partial charge in [0.05, 0.1) is 5.69 Å². The third kappa shape index (κ3) is 0.993. The Morgan fingerprint density at radius 2 is 2.17 bits per heavy atom. The van der Waals surface area contributed by atoms with Crippen LogP contribution in [-0.2, 0) is 0 Å². The molecule has 2 rings (SSSR count). The van der Waals surface area contributed by atoms with Gasteiger partial charge in [0.1, 0.15) is 12.0 Å². The third-order valence-electron chi connectivity index (χ3n) is 1.62. The van der Waals surface area contributed by atoms with Crippen molar-refractivity contribution in [2.75, 3.05) is 5.73 Å². The lowest BCUT2D eigenvalue weighted by Gasteiger charge is -2.16. The van der Waals surface area contributed by atoms with Crippen molar-refractivity contribution in [2.24, 2.45) is 0 Å². The summed E-state index contributed by atoms with van der Waals surface area (Å²) in [7, 11) is 0. The molecule has 3 nitrogen and oxygen atoms in total. The summed E-state index contributed by atoms with van der Waals surface area (Å²) in [6, 6.07) is 5.43. The average molecular weight is 163 g/mol. The first kappa shape index (κ1) is 7.03. The average Bonchev–Trinajstić information content (AvgIpc) is 2.04. The molecule has 2 N–H and O–H groups in total. The topological polar surface area (TPSA) is 44.5 Å². The molecule has 0 unspecified atom stereocenters. The number of para-hydroxylation sites is 1. The van der Waals surface area contributed by atoms with E-state index in [1.807, 2.05) is 19.1 Å². The SMILES string of the molecule is CC1=COc2c(N)cccc2O1. The van der Waals surface area contributed by atoms with Crippen LogP contribution in [0.1, 0.15) is 6.92 Å². The van der Waals surface area contributed by atoms with Gasteiger partial charge in [0.2, 0.25) is 0 Å². The summed E-state index contributed by atoms with van der Waals surface area (Å²) in [6.45, 7) is 1.83. The number of nitrogen functional groups attached to an aromatic ring is 1. The molecule has 0 aromatic heterocycles. The fourth-order valence-electron chi connectivity index (χ4n) is 1.08. The minimum absolute atomic E-state index is 0.594. The molecule has 1 aliphatic rings. The van der Waals surface area contributed by atoms with Gasteiger partial charge in [0.25, 0.3) is 0 Å². The zero-order valence-electron chi connectivity index (χ0n) is 6.70. The van der Waals surface area contributed by atoms with Crippen LogP contribution in [0.4, 0.5) is 5.69 Å². The Bertz CT molecular complexity index is 344. The van der Waals surface area contributed by atoms with Gasteiger partial charge in [0.15, 0.2) is 11.5 Å². The number of anilines is 1. The highest BCUT2D eigenvalue weighted by Crippen LogP contribution is 2.36. The summed E-state index contributed by atoms with van der Waals surface area (Å²) in [5.74, 6) is 2.01. The van der Waals surface area contributed by atoms with Crippen molar-refractivity contribution in [3.63, 3.8) is 0 Å². The molecule has 0 atom stereocenters. The summed E-state index contributed by atoms with van der Waals surface area (Å²) in [5, 5.41) is 0. The smallest absolute Gasteiger partial charge is 0.192 e. The Hall–Kier alpha value is -1.64. The molecule has 1 aliphatic heterocycles. The lowest BCUT2D eigenvalue weighted by Crippen LogP contribution is -2.03. The summed E-state index contributed by atoms with van der Waals surface area (Å²) < 4.78 is 10.6. The minimum Gasteiger partial charge on any atom is -0.455 e. The fraction of sp³-hybridized carbons (Fsp3) is 0.111. The predicted molar refractivity (Wildman–Crippen MR) is 45.9 cm³/mol. The molecule has 1 aromatic rings. The highest BCUT2D eigenvalue weighted by molar-refractivity contribution is 5.61. The second-order valence-corrected chi connectivity index (χ2v) is 2.62. The van der Waals surface area contributed by atoms with E-state index >= 15 is 0 Å². The summed E-state index contributed by atoms with van der Waals surface area (Å²) in [6.07, 6.45) is 1.54. The van der Waals surface area contributed by atoms with Crippen molar-refractivity contribution in [2.45, 2.75) is 6.92 Å². The van der Waals surface area contributed by atoms with Crippen LogP contribution in [0.15, 0.2) is 30.2 Å². The van der Waals surface area contributed by atoms with Gasteiger partial charge in [-0.15, -0.1) is 0 Å². The van der Waals surface area contributed by atoms with E-state index in [4.69, 9.17) is 15.2 Å². The van der Waals surface area contributed by atoms with Gasteiger partial charge in [0, 0.05) is 0 Å². The monoisotopic (exact) mass is 163 g/mol. The van der Waals surface area contributed by atoms with E-state index in [9.17, 15) is 0 Å². The number of allylic oxidation sites excluding steroid dienone is 1. The Morgan fingerprint density at radius 3 is 3.00 bits per heavy atom. The summed E-state index contributed by atoms with van der Waals surface area (Å²) in [4.78, 5) is 0. The lowest BCUT2D eigenvalue weighted by molar-refractivity contribution is 0.329. The molecule has 0 amide bonds. The Balaban J connectivity index is 2.49. The Kier molecular flexibility index (Phi) is 1.43. The first-order chi connectivity index (χ1) is 5.77. The zero-order valence-corrected chi connectivity index (χ0v) is 6.70. The maximum Gasteiger partial charge on any atom is 0.192 e. The zero-order chi connectivity index (χ0) is 8.55. The molecule has 0 aliphatic carbocycles. The van der Waals surface area contributed by atoms with Crippen LogP contribution in [0.5, 0.6) is 11.5 Å². The van der Waals surface area contributed by atoms with E-state index in [1.54, 1.807) is 12.3 Å². The third-order valence-corrected chi connectivity index (χ3v) is 1.62. The first-order valence-electron chi connectivity index (χ1n) is 3.67. The van der Waals surface area contributed by atoms with Crippen LogP contribution in [0.2, 0.25) is 0 Å². The normalized spacial score (nSPS) is 13.9. The van der Waals surface area contributed by atoms with Crippen LogP contribution in [-0.4, -0.2) is 0 Å². The molecule has 0 spiro atoms. The van der Waals surface area contributed by atoms with Gasteiger partial charge in [-0.05, 0) is 19.1 Å². The number of nitrogens with two attached hydrogens (primary N) is 1. The molecule has 0 saturated heterocycles. The van der Waals surface area contributed by atoms with Gasteiger partial charge >= 0.3 is 0 Å². The first-order valence-corrected chi connectivity index (χ1v) is 3.67. The second kappa shape index (κ2) is 2.44. The van der Waals surface area contributed by atoms with E-state index < -0.39 is 0 Å². The van der Waals surface area contributed by atoms with E-state index in [-0.39, 0.29) is 0 Å². The van der Waals surface area contributed by atoms with Crippen LogP contribution >= 0.6 is 0 Å². The Morgan fingerprint density at radius 1 is 1.33 bits per heavy atom. The van der Waals surface area contributed by atoms with Crippen LogP contribution < -0.4 is 15.2 Å². The quantitative estimate of drug-likeness (QED) is 0.594. The molecule has 62 valence electrons. The second-order valence-electron chi connectivity index (χ2n) is 2.62.